The Morgan fingerprint density at radius 2 is 2.06 bits per heavy atom. The third-order valence-corrected chi connectivity index (χ3v) is 1.72. The molecule has 0 aromatic carbocycles. The van der Waals surface area contributed by atoms with Crippen molar-refractivity contribution in [3.8, 4) is 0 Å². The Kier molecular flexibility index (Phi) is 3.91. The lowest BCUT2D eigenvalue weighted by Gasteiger charge is -1.95. The molecule has 0 aliphatic rings. The minimum Gasteiger partial charge on any atom is -0.258 e. The van der Waals surface area contributed by atoms with E-state index in [1.54, 1.807) is 0 Å². The van der Waals surface area contributed by atoms with Gasteiger partial charge in [-0.1, -0.05) is 10.5 Å². The van der Waals surface area contributed by atoms with Gasteiger partial charge >= 0.3 is 11.8 Å². The summed E-state index contributed by atoms with van der Waals surface area (Å²) in [6.45, 7) is 0. The summed E-state index contributed by atoms with van der Waals surface area (Å²) in [6, 6.07) is 0.763. The fourth-order valence-electron chi connectivity index (χ4n) is 1.04. The van der Waals surface area contributed by atoms with E-state index < -0.39 is 27.4 Å². The Morgan fingerprint density at radius 3 is 2.56 bits per heavy atom. The van der Waals surface area contributed by atoms with Crippen LogP contribution in [-0.4, -0.2) is 22.9 Å². The van der Waals surface area contributed by atoms with Crippen molar-refractivity contribution >= 4 is 17.5 Å². The summed E-state index contributed by atoms with van der Waals surface area (Å²) < 4.78 is 0.698. The van der Waals surface area contributed by atoms with Gasteiger partial charge in [0.25, 0.3) is 5.69 Å². The summed E-state index contributed by atoms with van der Waals surface area (Å²) in [5, 5.41) is 27.4. The van der Waals surface area contributed by atoms with Crippen LogP contribution in [0.1, 0.15) is 0 Å². The molecule has 0 aliphatic carbocycles. The molecule has 0 spiro atoms. The van der Waals surface area contributed by atoms with Crippen molar-refractivity contribution in [2.45, 2.75) is 0 Å². The van der Waals surface area contributed by atoms with Crippen molar-refractivity contribution in [1.82, 2.24) is 0 Å². The van der Waals surface area contributed by atoms with Crippen molar-refractivity contribution in [2.75, 3.05) is 12.5 Å². The lowest BCUT2D eigenvalue weighted by molar-refractivity contribution is -0.692. The number of azo groups is 1. The van der Waals surface area contributed by atoms with Crippen LogP contribution in [0.3, 0.4) is 0 Å². The van der Waals surface area contributed by atoms with E-state index in [9.17, 15) is 25.0 Å². The molecule has 1 heterocycles. The zero-order valence-electron chi connectivity index (χ0n) is 9.01. The van der Waals surface area contributed by atoms with E-state index in [0.29, 0.717) is 10.7 Å². The van der Waals surface area contributed by atoms with E-state index in [1.807, 2.05) is 5.43 Å². The summed E-state index contributed by atoms with van der Waals surface area (Å²) in [4.78, 5) is 30.5. The lowest BCUT2D eigenvalue weighted by atomic mass is 10.4. The molecule has 18 heavy (non-hydrogen) atoms. The number of aromatic nitrogens is 1. The van der Waals surface area contributed by atoms with Gasteiger partial charge in [0, 0.05) is 7.05 Å². The van der Waals surface area contributed by atoms with Gasteiger partial charge in [0.2, 0.25) is 6.20 Å². The van der Waals surface area contributed by atoms with Gasteiger partial charge in [-0.2, -0.15) is 5.11 Å². The van der Waals surface area contributed by atoms with E-state index in [-0.39, 0.29) is 0 Å². The second kappa shape index (κ2) is 5.38. The molecule has 0 atom stereocenters. The van der Waals surface area contributed by atoms with Gasteiger partial charge in [0.1, 0.15) is 4.92 Å². The fourth-order valence-corrected chi connectivity index (χ4v) is 1.04. The third-order valence-electron chi connectivity index (χ3n) is 1.72. The van der Waals surface area contributed by atoms with Crippen molar-refractivity contribution in [3.05, 3.63) is 38.6 Å². The normalized spacial score (nSPS) is 10.3. The maximum absolute atomic E-state index is 11.1. The molecule has 0 radical (unpaired) electrons. The van der Waals surface area contributed by atoms with Crippen molar-refractivity contribution in [3.63, 3.8) is 0 Å². The molecular formula is C7H7N6O5+. The number of nitrogens with zero attached hydrogens (tertiary/aromatic N) is 5. The second-order valence-electron chi connectivity index (χ2n) is 2.84. The van der Waals surface area contributed by atoms with Gasteiger partial charge in [-0.05, 0) is 4.68 Å². The first-order valence-corrected chi connectivity index (χ1v) is 4.41. The second-order valence-corrected chi connectivity index (χ2v) is 2.84. The molecule has 1 aromatic rings. The van der Waals surface area contributed by atoms with E-state index >= 15 is 0 Å². The van der Waals surface area contributed by atoms with Crippen LogP contribution in [0.2, 0.25) is 0 Å². The predicted octanol–water partition coefficient (Wildman–Crippen LogP) is 0.536. The maximum atomic E-state index is 11.1. The van der Waals surface area contributed by atoms with Crippen LogP contribution in [0.5, 0.6) is 0 Å². The summed E-state index contributed by atoms with van der Waals surface area (Å²) in [7, 11) is 1.24. The molecule has 11 nitrogen and oxygen atoms in total. The maximum Gasteiger partial charge on any atom is 0.537 e. The SMILES string of the molecule is CN=NC(=O)N[n+]1ccc([N+](=O)[O-])cc1[N+](=O)[O-]. The highest BCUT2D eigenvalue weighted by atomic mass is 16.6. The number of nitro groups is 2. The van der Waals surface area contributed by atoms with Crippen LogP contribution >= 0.6 is 0 Å². The van der Waals surface area contributed by atoms with Crippen LogP contribution in [0.4, 0.5) is 16.3 Å². The summed E-state index contributed by atoms with van der Waals surface area (Å²) in [5.74, 6) is -0.677. The smallest absolute Gasteiger partial charge is 0.258 e. The predicted molar refractivity (Wildman–Crippen MR) is 55.5 cm³/mol. The number of rotatable bonds is 3. The van der Waals surface area contributed by atoms with Crippen LogP contribution in [0, 0.1) is 20.2 Å². The minimum atomic E-state index is -0.945. The number of hydrogen-bond acceptors (Lipinski definition) is 6. The number of carbonyl (C=O) groups excluding carboxylic acids is 1. The van der Waals surface area contributed by atoms with Gasteiger partial charge in [-0.15, -0.1) is 0 Å². The number of hydrogen-bond donors (Lipinski definition) is 1. The average molecular weight is 255 g/mol. The van der Waals surface area contributed by atoms with E-state index in [4.69, 9.17) is 0 Å². The number of urea groups is 1. The average Bonchev–Trinajstić information content (AvgIpc) is 2.29. The monoisotopic (exact) mass is 255 g/mol. The molecule has 2 amide bonds. The Labute approximate surface area is 99.0 Å². The molecule has 94 valence electrons. The Bertz CT molecular complexity index is 541. The van der Waals surface area contributed by atoms with Crippen molar-refractivity contribution in [1.29, 1.82) is 0 Å². The molecule has 1 aromatic heterocycles. The van der Waals surface area contributed by atoms with E-state index in [1.165, 1.54) is 7.05 Å². The lowest BCUT2D eigenvalue weighted by Crippen LogP contribution is -2.48. The number of amides is 2. The molecule has 1 rings (SSSR count). The highest BCUT2D eigenvalue weighted by molar-refractivity contribution is 5.80. The first kappa shape index (κ1) is 13.1. The van der Waals surface area contributed by atoms with Gasteiger partial charge in [0.15, 0.2) is 6.07 Å². The van der Waals surface area contributed by atoms with Crippen LogP contribution < -0.4 is 10.1 Å². The topological polar surface area (TPSA) is 144 Å². The molecular weight excluding hydrogens is 248 g/mol. The Morgan fingerprint density at radius 1 is 1.39 bits per heavy atom. The van der Waals surface area contributed by atoms with Gasteiger partial charge in [-0.3, -0.25) is 20.2 Å². The van der Waals surface area contributed by atoms with Crippen LogP contribution in [0.25, 0.3) is 0 Å². The molecule has 0 fully saturated rings. The zero-order valence-corrected chi connectivity index (χ0v) is 9.01. The summed E-state index contributed by atoms with van der Waals surface area (Å²) in [5.41, 5.74) is 1.54. The summed E-state index contributed by atoms with van der Waals surface area (Å²) >= 11 is 0. The molecule has 0 saturated carbocycles. The standard InChI is InChI=1S/C7H6N6O5/c1-8-9-7(14)10-11-3-2-5(12(15)16)4-6(11)13(17)18/h2-4H,1H3/p+1. The molecule has 11 heteroatoms. The van der Waals surface area contributed by atoms with Gasteiger partial charge in [0.05, 0.1) is 11.0 Å². The van der Waals surface area contributed by atoms with E-state index in [2.05, 4.69) is 10.2 Å². The molecule has 0 aliphatic heterocycles. The highest BCUT2D eigenvalue weighted by Crippen LogP contribution is 2.14. The van der Waals surface area contributed by atoms with E-state index in [0.717, 1.165) is 12.3 Å². The number of carbonyl (C=O) groups is 1. The molecule has 0 saturated heterocycles. The Hall–Kier alpha value is -2.98. The minimum absolute atomic E-state index is 0.468. The summed E-state index contributed by atoms with van der Waals surface area (Å²) in [6.07, 6.45) is 0.972. The Balaban J connectivity index is 3.15. The highest BCUT2D eigenvalue weighted by Gasteiger charge is 2.28. The van der Waals surface area contributed by atoms with Crippen LogP contribution in [0.15, 0.2) is 28.6 Å². The van der Waals surface area contributed by atoms with Crippen LogP contribution in [-0.2, 0) is 0 Å². The zero-order chi connectivity index (χ0) is 13.7. The van der Waals surface area contributed by atoms with Crippen molar-refractivity contribution in [2.24, 2.45) is 10.2 Å². The first-order valence-electron chi connectivity index (χ1n) is 4.41. The molecule has 0 bridgehead atoms. The number of nitrogens with one attached hydrogen (secondary N) is 1. The van der Waals surface area contributed by atoms with Crippen molar-refractivity contribution < 1.29 is 19.3 Å². The number of pyridine rings is 1. The molecule has 0 unspecified atom stereocenters. The van der Waals surface area contributed by atoms with Gasteiger partial charge in [-0.25, -0.2) is 4.79 Å². The first-order chi connectivity index (χ1) is 8.45. The quantitative estimate of drug-likeness (QED) is 0.362. The third kappa shape index (κ3) is 3.01. The fraction of sp³-hybridized carbons (Fsp3) is 0.143. The van der Waals surface area contributed by atoms with Gasteiger partial charge < -0.3 is 0 Å². The largest absolute Gasteiger partial charge is 0.537 e. The molecule has 1 N–H and O–H groups in total.